The van der Waals surface area contributed by atoms with Gasteiger partial charge in [-0.2, -0.15) is 0 Å². The number of hydrogen-bond acceptors (Lipinski definition) is 3. The molecule has 0 saturated heterocycles. The van der Waals surface area contributed by atoms with E-state index in [2.05, 4.69) is 25.8 Å². The maximum absolute atomic E-state index is 9.41. The van der Waals surface area contributed by atoms with Gasteiger partial charge < -0.3 is 5.11 Å². The van der Waals surface area contributed by atoms with E-state index in [1.807, 2.05) is 12.1 Å². The second-order valence-corrected chi connectivity index (χ2v) is 6.16. The fourth-order valence-corrected chi connectivity index (χ4v) is 1.99. The first kappa shape index (κ1) is 11.5. The van der Waals surface area contributed by atoms with Crippen LogP contribution in [0.4, 0.5) is 0 Å². The van der Waals surface area contributed by atoms with Crippen LogP contribution in [0, 0.1) is 0 Å². The van der Waals surface area contributed by atoms with Gasteiger partial charge >= 0.3 is 0 Å². The van der Waals surface area contributed by atoms with Gasteiger partial charge in [0.2, 0.25) is 0 Å². The topological polar surface area (TPSA) is 33.1 Å². The highest BCUT2D eigenvalue weighted by molar-refractivity contribution is 8.00. The van der Waals surface area contributed by atoms with Crippen LogP contribution in [-0.4, -0.2) is 14.8 Å². The molecule has 0 aliphatic carbocycles. The monoisotopic (exact) mass is 211 g/mol. The molecule has 0 spiro atoms. The Labute approximate surface area is 89.8 Å². The first-order chi connectivity index (χ1) is 6.38. The summed E-state index contributed by atoms with van der Waals surface area (Å²) in [5.74, 6) is 0. The molecule has 3 heteroatoms. The summed E-state index contributed by atoms with van der Waals surface area (Å²) >= 11 is 1.71. The second-order valence-electron chi connectivity index (χ2n) is 4.32. The van der Waals surface area contributed by atoms with E-state index in [1.165, 1.54) is 0 Å². The molecule has 1 aromatic heterocycles. The normalized spacial score (nSPS) is 14.1. The minimum absolute atomic E-state index is 0.157. The van der Waals surface area contributed by atoms with Crippen molar-refractivity contribution in [3.63, 3.8) is 0 Å². The molecule has 0 fully saturated rings. The van der Waals surface area contributed by atoms with Crippen LogP contribution in [0.3, 0.4) is 0 Å². The maximum Gasteiger partial charge on any atom is 0.0968 e. The first-order valence-corrected chi connectivity index (χ1v) is 5.53. The Kier molecular flexibility index (Phi) is 3.56. The Morgan fingerprint density at radius 1 is 1.43 bits per heavy atom. The lowest BCUT2D eigenvalue weighted by Crippen LogP contribution is -2.07. The van der Waals surface area contributed by atoms with Gasteiger partial charge in [0.05, 0.1) is 11.1 Å². The summed E-state index contributed by atoms with van der Waals surface area (Å²) in [6, 6.07) is 3.79. The predicted octanol–water partition coefficient (Wildman–Crippen LogP) is 3.03. The van der Waals surface area contributed by atoms with Gasteiger partial charge in [0.15, 0.2) is 0 Å². The molecule has 1 atom stereocenters. The minimum atomic E-state index is -0.419. The smallest absolute Gasteiger partial charge is 0.0968 e. The number of hydrogen-bond donors (Lipinski definition) is 1. The van der Waals surface area contributed by atoms with Gasteiger partial charge in [0.25, 0.3) is 0 Å². The zero-order chi connectivity index (χ0) is 10.8. The number of thioether (sulfide) groups is 1. The second kappa shape index (κ2) is 4.32. The van der Waals surface area contributed by atoms with Crippen LogP contribution in [0.5, 0.6) is 0 Å². The van der Waals surface area contributed by atoms with Crippen LogP contribution >= 0.6 is 11.8 Å². The Bertz CT molecular complexity index is 304. The van der Waals surface area contributed by atoms with Gasteiger partial charge in [0.1, 0.15) is 0 Å². The van der Waals surface area contributed by atoms with Crippen LogP contribution in [0.25, 0.3) is 0 Å². The van der Waals surface area contributed by atoms with E-state index in [0.717, 1.165) is 10.6 Å². The highest BCUT2D eigenvalue weighted by Gasteiger charge is 2.13. The lowest BCUT2D eigenvalue weighted by atomic mass is 10.2. The van der Waals surface area contributed by atoms with Crippen molar-refractivity contribution in [3.05, 3.63) is 23.9 Å². The van der Waals surface area contributed by atoms with Crippen molar-refractivity contribution in [2.75, 3.05) is 0 Å². The molecule has 0 aliphatic rings. The molecule has 0 bridgehead atoms. The van der Waals surface area contributed by atoms with E-state index < -0.39 is 6.10 Å². The fraction of sp³-hybridized carbons (Fsp3) is 0.545. The third kappa shape index (κ3) is 3.68. The largest absolute Gasteiger partial charge is 0.389 e. The number of aliphatic hydroxyl groups excluding tert-OH is 1. The minimum Gasteiger partial charge on any atom is -0.389 e. The zero-order valence-electron chi connectivity index (χ0n) is 9.11. The molecule has 1 rings (SSSR count). The summed E-state index contributed by atoms with van der Waals surface area (Å²) < 4.78 is 0.157. The fourth-order valence-electron chi connectivity index (χ4n) is 1.05. The van der Waals surface area contributed by atoms with E-state index in [0.29, 0.717) is 0 Å². The molecule has 0 amide bonds. The van der Waals surface area contributed by atoms with Crippen LogP contribution in [0.2, 0.25) is 0 Å². The highest BCUT2D eigenvalue weighted by atomic mass is 32.2. The molecule has 1 aromatic rings. The molecule has 0 saturated carbocycles. The van der Waals surface area contributed by atoms with E-state index in [9.17, 15) is 5.11 Å². The molecule has 0 unspecified atom stereocenters. The molecule has 1 N–H and O–H groups in total. The quantitative estimate of drug-likeness (QED) is 0.763. The van der Waals surface area contributed by atoms with Crippen molar-refractivity contribution in [2.45, 2.75) is 43.6 Å². The Hall–Kier alpha value is -0.540. The van der Waals surface area contributed by atoms with Crippen molar-refractivity contribution in [2.24, 2.45) is 0 Å². The third-order valence-corrected chi connectivity index (χ3v) is 2.70. The molecular weight excluding hydrogens is 194 g/mol. The van der Waals surface area contributed by atoms with Crippen LogP contribution in [0.15, 0.2) is 23.4 Å². The molecule has 0 aliphatic heterocycles. The number of pyridine rings is 1. The Morgan fingerprint density at radius 2 is 2.07 bits per heavy atom. The molecule has 14 heavy (non-hydrogen) atoms. The summed E-state index contributed by atoms with van der Waals surface area (Å²) in [5.41, 5.74) is 0.923. The molecule has 0 aromatic carbocycles. The highest BCUT2D eigenvalue weighted by Crippen LogP contribution is 2.31. The van der Waals surface area contributed by atoms with Crippen molar-refractivity contribution in [3.8, 4) is 0 Å². The van der Waals surface area contributed by atoms with E-state index in [1.54, 1.807) is 24.9 Å². The zero-order valence-corrected chi connectivity index (χ0v) is 9.93. The van der Waals surface area contributed by atoms with E-state index in [-0.39, 0.29) is 4.75 Å². The summed E-state index contributed by atoms with van der Waals surface area (Å²) in [6.07, 6.45) is 1.33. The van der Waals surface area contributed by atoms with Gasteiger partial charge in [-0.25, -0.2) is 4.98 Å². The maximum atomic E-state index is 9.41. The van der Waals surface area contributed by atoms with Crippen LogP contribution in [0.1, 0.15) is 39.4 Å². The van der Waals surface area contributed by atoms with E-state index in [4.69, 9.17) is 0 Å². The average Bonchev–Trinajstić information content (AvgIpc) is 2.01. The SMILES string of the molecule is C[C@@H](O)c1ccnc(SC(C)(C)C)c1. The molecular formula is C11H17NOS. The molecule has 2 nitrogen and oxygen atoms in total. The predicted molar refractivity (Wildman–Crippen MR) is 60.5 cm³/mol. The van der Waals surface area contributed by atoms with Crippen molar-refractivity contribution in [1.82, 2.24) is 4.98 Å². The van der Waals surface area contributed by atoms with Gasteiger partial charge in [-0.1, -0.05) is 20.8 Å². The molecule has 78 valence electrons. The Morgan fingerprint density at radius 3 is 2.57 bits per heavy atom. The average molecular weight is 211 g/mol. The number of nitrogens with zero attached hydrogens (tertiary/aromatic N) is 1. The van der Waals surface area contributed by atoms with E-state index >= 15 is 0 Å². The van der Waals surface area contributed by atoms with Crippen molar-refractivity contribution in [1.29, 1.82) is 0 Å². The van der Waals surface area contributed by atoms with Gasteiger partial charge in [-0.05, 0) is 24.6 Å². The number of aliphatic hydroxyl groups is 1. The Balaban J connectivity index is 2.84. The van der Waals surface area contributed by atoms with Crippen LogP contribution < -0.4 is 0 Å². The third-order valence-electron chi connectivity index (χ3n) is 1.65. The van der Waals surface area contributed by atoms with Gasteiger partial charge in [-0.15, -0.1) is 11.8 Å². The van der Waals surface area contributed by atoms with Crippen LogP contribution in [-0.2, 0) is 0 Å². The lowest BCUT2D eigenvalue weighted by molar-refractivity contribution is 0.199. The summed E-state index contributed by atoms with van der Waals surface area (Å²) in [6.45, 7) is 8.21. The summed E-state index contributed by atoms with van der Waals surface area (Å²) in [5, 5.41) is 10.4. The van der Waals surface area contributed by atoms with Crippen molar-refractivity contribution < 1.29 is 5.11 Å². The number of aromatic nitrogens is 1. The van der Waals surface area contributed by atoms with Gasteiger partial charge in [-0.3, -0.25) is 0 Å². The lowest BCUT2D eigenvalue weighted by Gasteiger charge is -2.17. The summed E-state index contributed by atoms with van der Waals surface area (Å²) in [7, 11) is 0. The van der Waals surface area contributed by atoms with Crippen molar-refractivity contribution >= 4 is 11.8 Å². The first-order valence-electron chi connectivity index (χ1n) is 4.71. The van der Waals surface area contributed by atoms with Gasteiger partial charge in [0, 0.05) is 10.9 Å². The summed E-state index contributed by atoms with van der Waals surface area (Å²) in [4.78, 5) is 4.26. The standard InChI is InChI=1S/C11H17NOS/c1-8(13)9-5-6-12-10(7-9)14-11(2,3)4/h5-8,13H,1-4H3/t8-/m1/s1. The molecule has 0 radical (unpaired) electrons. The number of rotatable bonds is 2. The molecule has 1 heterocycles.